The van der Waals surface area contributed by atoms with Crippen LogP contribution in [0.25, 0.3) is 77.0 Å². The van der Waals surface area contributed by atoms with Gasteiger partial charge in [0.05, 0.1) is 22.1 Å². The summed E-state index contributed by atoms with van der Waals surface area (Å²) < 4.78 is 4.70. The third-order valence-electron chi connectivity index (χ3n) is 8.45. The highest BCUT2D eigenvalue weighted by Crippen LogP contribution is 2.40. The van der Waals surface area contributed by atoms with Gasteiger partial charge in [0.2, 0.25) is 0 Å². The lowest BCUT2D eigenvalue weighted by atomic mass is 10.0. The normalized spacial score (nSPS) is 11.8. The minimum absolute atomic E-state index is 0.901. The zero-order valence-corrected chi connectivity index (χ0v) is 22.6. The summed E-state index contributed by atoms with van der Waals surface area (Å²) in [5.41, 5.74) is 8.09. The Hall–Kier alpha value is -5.74. The zero-order chi connectivity index (χ0) is 27.6. The van der Waals surface area contributed by atoms with Crippen LogP contribution in [0.3, 0.4) is 0 Å². The predicted octanol–water partition coefficient (Wildman–Crippen LogP) is 9.49. The van der Waals surface area contributed by atoms with Crippen molar-refractivity contribution in [3.8, 4) is 22.6 Å². The number of hydrogen-bond acceptors (Lipinski definition) is 2. The third kappa shape index (κ3) is 3.29. The minimum Gasteiger partial charge on any atom is -0.309 e. The summed E-state index contributed by atoms with van der Waals surface area (Å²) in [6.07, 6.45) is 5.58. The highest BCUT2D eigenvalue weighted by Gasteiger charge is 2.18. The third-order valence-corrected chi connectivity index (χ3v) is 8.45. The van der Waals surface area contributed by atoms with E-state index in [-0.39, 0.29) is 0 Å². The van der Waals surface area contributed by atoms with Crippen molar-refractivity contribution in [2.45, 2.75) is 0 Å². The smallest absolute Gasteiger partial charge is 0.137 e. The van der Waals surface area contributed by atoms with Crippen molar-refractivity contribution in [2.75, 3.05) is 0 Å². The van der Waals surface area contributed by atoms with E-state index in [0.29, 0.717) is 0 Å². The van der Waals surface area contributed by atoms with Crippen LogP contribution in [-0.2, 0) is 0 Å². The molecule has 196 valence electrons. The van der Waals surface area contributed by atoms with Crippen LogP contribution >= 0.6 is 0 Å². The molecule has 0 fully saturated rings. The van der Waals surface area contributed by atoms with E-state index in [4.69, 9.17) is 4.98 Å². The molecule has 0 amide bonds. The van der Waals surface area contributed by atoms with Crippen LogP contribution in [-0.4, -0.2) is 19.1 Å². The van der Waals surface area contributed by atoms with E-state index in [1.807, 2.05) is 30.7 Å². The van der Waals surface area contributed by atoms with E-state index >= 15 is 0 Å². The standard InChI is InChI=1S/C38H24N4/c1-2-8-28(9-3-1)41-34-12-6-4-10-29(34)31-16-14-26-22-36-33(23-32(26)38(31)41)30-11-5-7-13-35(30)42(36)37-17-15-27(24-40-37)25-18-20-39-21-19-25/h1-24H. The fraction of sp³-hybridized carbons (Fsp3) is 0. The number of pyridine rings is 2. The predicted molar refractivity (Wildman–Crippen MR) is 174 cm³/mol. The van der Waals surface area contributed by atoms with Crippen molar-refractivity contribution in [1.82, 2.24) is 19.1 Å². The highest BCUT2D eigenvalue weighted by molar-refractivity contribution is 6.22. The lowest BCUT2D eigenvalue weighted by molar-refractivity contribution is 1.08. The van der Waals surface area contributed by atoms with Crippen molar-refractivity contribution >= 4 is 54.4 Å². The molecule has 5 aromatic carbocycles. The van der Waals surface area contributed by atoms with Gasteiger partial charge in [0.15, 0.2) is 0 Å². The molecule has 0 radical (unpaired) electrons. The van der Waals surface area contributed by atoms with E-state index in [0.717, 1.165) is 33.7 Å². The SMILES string of the molecule is c1ccc(-n2c3ccccc3c3ccc4cc5c(cc4c32)c2ccccc2n5-c2ccc(-c3ccncc3)cn2)cc1. The first-order valence-corrected chi connectivity index (χ1v) is 14.2. The summed E-state index contributed by atoms with van der Waals surface area (Å²) in [7, 11) is 0. The number of fused-ring (bicyclic) bond motifs is 8. The summed E-state index contributed by atoms with van der Waals surface area (Å²) in [6, 6.07) is 45.6. The number of para-hydroxylation sites is 3. The first-order valence-electron chi connectivity index (χ1n) is 14.2. The molecule has 0 N–H and O–H groups in total. The number of aromatic nitrogens is 4. The summed E-state index contributed by atoms with van der Waals surface area (Å²) in [5.74, 6) is 0.901. The molecular weight excluding hydrogens is 512 g/mol. The molecule has 4 heterocycles. The average molecular weight is 537 g/mol. The molecule has 9 rings (SSSR count). The van der Waals surface area contributed by atoms with Gasteiger partial charge in [-0.2, -0.15) is 0 Å². The molecular formula is C38H24N4. The van der Waals surface area contributed by atoms with Crippen molar-refractivity contribution < 1.29 is 0 Å². The van der Waals surface area contributed by atoms with Gasteiger partial charge in [-0.1, -0.05) is 66.7 Å². The lowest BCUT2D eigenvalue weighted by Gasteiger charge is -2.11. The molecule has 42 heavy (non-hydrogen) atoms. The molecule has 0 aliphatic carbocycles. The quantitative estimate of drug-likeness (QED) is 0.225. The lowest BCUT2D eigenvalue weighted by Crippen LogP contribution is -1.97. The van der Waals surface area contributed by atoms with Crippen LogP contribution < -0.4 is 0 Å². The van der Waals surface area contributed by atoms with Gasteiger partial charge in [-0.25, -0.2) is 4.98 Å². The fourth-order valence-electron chi connectivity index (χ4n) is 6.57. The highest BCUT2D eigenvalue weighted by atomic mass is 15.1. The van der Waals surface area contributed by atoms with Gasteiger partial charge >= 0.3 is 0 Å². The second kappa shape index (κ2) is 8.88. The Balaban J connectivity index is 1.36. The monoisotopic (exact) mass is 536 g/mol. The van der Waals surface area contributed by atoms with Crippen molar-refractivity contribution in [3.63, 3.8) is 0 Å². The summed E-state index contributed by atoms with van der Waals surface area (Å²) in [6.45, 7) is 0. The Kier molecular flexibility index (Phi) is 4.87. The second-order valence-electron chi connectivity index (χ2n) is 10.7. The first-order chi connectivity index (χ1) is 20.8. The zero-order valence-electron chi connectivity index (χ0n) is 22.6. The van der Waals surface area contributed by atoms with Crippen LogP contribution in [0, 0.1) is 0 Å². The van der Waals surface area contributed by atoms with Crippen LogP contribution in [0.15, 0.2) is 146 Å². The summed E-state index contributed by atoms with van der Waals surface area (Å²) in [4.78, 5) is 9.10. The number of hydrogen-bond donors (Lipinski definition) is 0. The average Bonchev–Trinajstić information content (AvgIpc) is 3.57. The van der Waals surface area contributed by atoms with Crippen molar-refractivity contribution in [2.24, 2.45) is 0 Å². The number of rotatable bonds is 3. The molecule has 0 unspecified atom stereocenters. The molecule has 0 saturated heterocycles. The maximum Gasteiger partial charge on any atom is 0.137 e. The van der Waals surface area contributed by atoms with Gasteiger partial charge in [0, 0.05) is 56.8 Å². The molecule has 0 spiro atoms. The molecule has 4 aromatic heterocycles. The van der Waals surface area contributed by atoms with E-state index in [9.17, 15) is 0 Å². The molecule has 0 bridgehead atoms. The molecule has 0 aliphatic rings. The molecule has 4 nitrogen and oxygen atoms in total. The topological polar surface area (TPSA) is 35.6 Å². The Morgan fingerprint density at radius 2 is 1.17 bits per heavy atom. The molecule has 9 aromatic rings. The fourth-order valence-corrected chi connectivity index (χ4v) is 6.57. The van der Waals surface area contributed by atoms with Crippen LogP contribution in [0.4, 0.5) is 0 Å². The van der Waals surface area contributed by atoms with E-state index in [2.05, 4.69) is 129 Å². The molecule has 0 aliphatic heterocycles. The maximum absolute atomic E-state index is 4.95. The Morgan fingerprint density at radius 1 is 0.452 bits per heavy atom. The Morgan fingerprint density at radius 3 is 1.93 bits per heavy atom. The Bertz CT molecular complexity index is 2430. The van der Waals surface area contributed by atoms with Crippen molar-refractivity contribution in [3.05, 3.63) is 146 Å². The van der Waals surface area contributed by atoms with Gasteiger partial charge in [0.25, 0.3) is 0 Å². The van der Waals surface area contributed by atoms with Gasteiger partial charge in [0.1, 0.15) is 5.82 Å². The second-order valence-corrected chi connectivity index (χ2v) is 10.7. The van der Waals surface area contributed by atoms with Crippen LogP contribution in [0.1, 0.15) is 0 Å². The largest absolute Gasteiger partial charge is 0.309 e. The Labute approximate surface area is 241 Å². The van der Waals surface area contributed by atoms with Gasteiger partial charge in [-0.3, -0.25) is 9.55 Å². The van der Waals surface area contributed by atoms with Gasteiger partial charge in [-0.15, -0.1) is 0 Å². The van der Waals surface area contributed by atoms with Gasteiger partial charge < -0.3 is 4.57 Å². The number of nitrogens with zero attached hydrogens (tertiary/aromatic N) is 4. The molecule has 0 saturated carbocycles. The summed E-state index contributed by atoms with van der Waals surface area (Å²) in [5, 5.41) is 7.40. The summed E-state index contributed by atoms with van der Waals surface area (Å²) >= 11 is 0. The van der Waals surface area contributed by atoms with Gasteiger partial charge in [-0.05, 0) is 71.6 Å². The molecule has 0 atom stereocenters. The number of benzene rings is 5. The van der Waals surface area contributed by atoms with E-state index < -0.39 is 0 Å². The van der Waals surface area contributed by atoms with Crippen molar-refractivity contribution in [1.29, 1.82) is 0 Å². The van der Waals surface area contributed by atoms with Crippen LogP contribution in [0.5, 0.6) is 0 Å². The van der Waals surface area contributed by atoms with E-state index in [1.165, 1.54) is 43.4 Å². The first kappa shape index (κ1) is 23.0. The minimum atomic E-state index is 0.901. The maximum atomic E-state index is 4.95. The van der Waals surface area contributed by atoms with E-state index in [1.54, 1.807) is 0 Å². The van der Waals surface area contributed by atoms with Crippen LogP contribution in [0.2, 0.25) is 0 Å². The molecule has 4 heteroatoms.